The molecular formula is C22H36IN5O2. The van der Waals surface area contributed by atoms with Crippen LogP contribution in [0.1, 0.15) is 49.5 Å². The van der Waals surface area contributed by atoms with E-state index in [2.05, 4.69) is 22.1 Å². The van der Waals surface area contributed by atoms with Gasteiger partial charge in [-0.3, -0.25) is 9.69 Å². The molecule has 168 valence electrons. The number of likely N-dealkylation sites (N-methyl/N-ethyl adjacent to an activating group) is 1. The first kappa shape index (κ1) is 24.9. The summed E-state index contributed by atoms with van der Waals surface area (Å²) in [5.74, 6) is 0.532. The number of carbonyl (C=O) groups excluding carboxylic acids is 1. The summed E-state index contributed by atoms with van der Waals surface area (Å²) in [6.07, 6.45) is 2.61. The zero-order valence-corrected chi connectivity index (χ0v) is 20.7. The Balaban J connectivity index is 0.00000320. The lowest BCUT2D eigenvalue weighted by Gasteiger charge is -2.35. The van der Waals surface area contributed by atoms with E-state index in [1.54, 1.807) is 0 Å². The van der Waals surface area contributed by atoms with Crippen molar-refractivity contribution >= 4 is 35.8 Å². The van der Waals surface area contributed by atoms with Gasteiger partial charge in [-0.05, 0) is 57.5 Å². The highest BCUT2D eigenvalue weighted by Crippen LogP contribution is 2.16. The minimum Gasteiger partial charge on any atom is -0.372 e. The van der Waals surface area contributed by atoms with Crippen molar-refractivity contribution in [3.05, 3.63) is 35.4 Å². The first-order valence-corrected chi connectivity index (χ1v) is 10.8. The average molecular weight is 529 g/mol. The predicted molar refractivity (Wildman–Crippen MR) is 131 cm³/mol. The molecule has 2 heterocycles. The molecule has 0 saturated carbocycles. The molecule has 8 heteroatoms. The van der Waals surface area contributed by atoms with Crippen LogP contribution in [-0.2, 0) is 11.3 Å². The largest absolute Gasteiger partial charge is 0.372 e. The normalized spacial score (nSPS) is 25.1. The molecule has 2 fully saturated rings. The number of amides is 1. The number of hydrogen-bond donors (Lipinski definition) is 2. The van der Waals surface area contributed by atoms with Gasteiger partial charge in [0, 0.05) is 31.2 Å². The van der Waals surface area contributed by atoms with Gasteiger partial charge in [-0.15, -0.1) is 24.0 Å². The second kappa shape index (κ2) is 11.9. The van der Waals surface area contributed by atoms with Crippen molar-refractivity contribution in [2.75, 3.05) is 32.7 Å². The van der Waals surface area contributed by atoms with Crippen LogP contribution >= 0.6 is 24.0 Å². The lowest BCUT2D eigenvalue weighted by Crippen LogP contribution is -2.48. The van der Waals surface area contributed by atoms with Gasteiger partial charge >= 0.3 is 0 Å². The molecule has 0 aliphatic carbocycles. The molecule has 2 aliphatic heterocycles. The van der Waals surface area contributed by atoms with Crippen LogP contribution in [0.3, 0.4) is 0 Å². The van der Waals surface area contributed by atoms with E-state index in [4.69, 9.17) is 10.5 Å². The lowest BCUT2D eigenvalue weighted by atomic mass is 10.1. The van der Waals surface area contributed by atoms with Crippen LogP contribution in [0.25, 0.3) is 0 Å². The Morgan fingerprint density at radius 2 is 1.90 bits per heavy atom. The molecule has 1 aromatic rings. The van der Waals surface area contributed by atoms with E-state index in [-0.39, 0.29) is 42.1 Å². The Labute approximate surface area is 197 Å². The van der Waals surface area contributed by atoms with E-state index in [9.17, 15) is 4.79 Å². The van der Waals surface area contributed by atoms with Crippen molar-refractivity contribution in [1.29, 1.82) is 0 Å². The summed E-state index contributed by atoms with van der Waals surface area (Å²) in [4.78, 5) is 21.5. The van der Waals surface area contributed by atoms with Gasteiger partial charge in [-0.1, -0.05) is 19.1 Å². The van der Waals surface area contributed by atoms with Crippen molar-refractivity contribution in [3.8, 4) is 0 Å². The summed E-state index contributed by atoms with van der Waals surface area (Å²) in [5, 5.41) is 3.25. The van der Waals surface area contributed by atoms with Crippen LogP contribution in [0.2, 0.25) is 0 Å². The van der Waals surface area contributed by atoms with Gasteiger partial charge in [0.05, 0.1) is 18.8 Å². The van der Waals surface area contributed by atoms with Crippen molar-refractivity contribution < 1.29 is 9.53 Å². The number of nitrogens with one attached hydrogen (secondary N) is 1. The van der Waals surface area contributed by atoms with Gasteiger partial charge in [-0.25, -0.2) is 4.99 Å². The predicted octanol–water partition coefficient (Wildman–Crippen LogP) is 2.44. The molecule has 0 aromatic heterocycles. The molecule has 1 amide bonds. The number of carbonyl (C=O) groups is 1. The maximum Gasteiger partial charge on any atom is 0.254 e. The van der Waals surface area contributed by atoms with Crippen LogP contribution in [0.4, 0.5) is 0 Å². The number of hydrogen-bond acceptors (Lipinski definition) is 4. The SMILES string of the molecule is CCN1CCCC1CNC(N)=NCc1ccc(C(=O)N2CC(C)OC(C)C2)cc1.I. The minimum absolute atomic E-state index is 0. The van der Waals surface area contributed by atoms with Crippen LogP contribution < -0.4 is 11.1 Å². The second-order valence-corrected chi connectivity index (χ2v) is 8.17. The van der Waals surface area contributed by atoms with Gasteiger partial charge < -0.3 is 20.7 Å². The van der Waals surface area contributed by atoms with E-state index in [1.807, 2.05) is 43.0 Å². The highest BCUT2D eigenvalue weighted by Gasteiger charge is 2.26. The third kappa shape index (κ3) is 6.81. The van der Waals surface area contributed by atoms with E-state index < -0.39 is 0 Å². The average Bonchev–Trinajstić information content (AvgIpc) is 3.17. The monoisotopic (exact) mass is 529 g/mol. The summed E-state index contributed by atoms with van der Waals surface area (Å²) >= 11 is 0. The van der Waals surface area contributed by atoms with Crippen LogP contribution in [0.15, 0.2) is 29.3 Å². The summed E-state index contributed by atoms with van der Waals surface area (Å²) in [6.45, 7) is 11.1. The van der Waals surface area contributed by atoms with Gasteiger partial charge in [-0.2, -0.15) is 0 Å². The first-order chi connectivity index (χ1) is 14.0. The molecule has 3 atom stereocenters. The summed E-state index contributed by atoms with van der Waals surface area (Å²) in [5.41, 5.74) is 7.77. The highest BCUT2D eigenvalue weighted by atomic mass is 127. The van der Waals surface area contributed by atoms with E-state index in [0.717, 1.165) is 18.7 Å². The minimum atomic E-state index is 0. The number of benzene rings is 1. The Morgan fingerprint density at radius 1 is 1.23 bits per heavy atom. The zero-order valence-electron chi connectivity index (χ0n) is 18.3. The van der Waals surface area contributed by atoms with E-state index in [0.29, 0.717) is 37.2 Å². The van der Waals surface area contributed by atoms with E-state index in [1.165, 1.54) is 19.4 Å². The number of ether oxygens (including phenoxy) is 1. The quantitative estimate of drug-likeness (QED) is 0.336. The molecule has 0 radical (unpaired) electrons. The standard InChI is InChI=1S/C22H35N5O2.HI/c1-4-26-11-5-6-20(26)13-25-22(23)24-12-18-7-9-19(10-8-18)21(28)27-14-16(2)29-17(3)15-27;/h7-10,16-17,20H,4-6,11-15H2,1-3H3,(H3,23,24,25);1H. The summed E-state index contributed by atoms with van der Waals surface area (Å²) in [6, 6.07) is 8.20. The molecule has 30 heavy (non-hydrogen) atoms. The van der Waals surface area contributed by atoms with Gasteiger partial charge in [0.25, 0.3) is 5.91 Å². The number of morpholine rings is 1. The van der Waals surface area contributed by atoms with Crippen molar-refractivity contribution in [2.24, 2.45) is 10.7 Å². The number of halogens is 1. The topological polar surface area (TPSA) is 83.2 Å². The Kier molecular flexibility index (Phi) is 9.83. The fourth-order valence-corrected chi connectivity index (χ4v) is 4.28. The van der Waals surface area contributed by atoms with Crippen molar-refractivity contribution in [3.63, 3.8) is 0 Å². The highest BCUT2D eigenvalue weighted by molar-refractivity contribution is 14.0. The molecule has 0 bridgehead atoms. The smallest absolute Gasteiger partial charge is 0.254 e. The molecule has 3 N–H and O–H groups in total. The van der Waals surface area contributed by atoms with Gasteiger partial charge in [0.15, 0.2) is 5.96 Å². The number of rotatable bonds is 6. The molecule has 2 aliphatic rings. The fourth-order valence-electron chi connectivity index (χ4n) is 4.28. The third-order valence-electron chi connectivity index (χ3n) is 5.76. The molecule has 2 saturated heterocycles. The molecular weight excluding hydrogens is 493 g/mol. The van der Waals surface area contributed by atoms with Crippen molar-refractivity contribution in [2.45, 2.75) is 58.4 Å². The number of aliphatic imine (C=N–C) groups is 1. The first-order valence-electron chi connectivity index (χ1n) is 10.8. The van der Waals surface area contributed by atoms with Gasteiger partial charge in [0.1, 0.15) is 0 Å². The summed E-state index contributed by atoms with van der Waals surface area (Å²) < 4.78 is 5.71. The molecule has 7 nitrogen and oxygen atoms in total. The third-order valence-corrected chi connectivity index (χ3v) is 5.76. The number of nitrogens with two attached hydrogens (primary N) is 1. The Hall–Kier alpha value is -1.39. The fraction of sp³-hybridized carbons (Fsp3) is 0.636. The number of nitrogens with zero attached hydrogens (tertiary/aromatic N) is 3. The lowest BCUT2D eigenvalue weighted by molar-refractivity contribution is -0.0586. The Bertz CT molecular complexity index is 702. The van der Waals surface area contributed by atoms with Crippen LogP contribution in [-0.4, -0.2) is 72.6 Å². The van der Waals surface area contributed by atoms with Crippen LogP contribution in [0, 0.1) is 0 Å². The van der Waals surface area contributed by atoms with Crippen LogP contribution in [0.5, 0.6) is 0 Å². The van der Waals surface area contributed by atoms with Crippen molar-refractivity contribution in [1.82, 2.24) is 15.1 Å². The molecule has 1 aromatic carbocycles. The summed E-state index contributed by atoms with van der Waals surface area (Å²) in [7, 11) is 0. The maximum atomic E-state index is 12.7. The van der Waals surface area contributed by atoms with E-state index >= 15 is 0 Å². The Morgan fingerprint density at radius 3 is 2.53 bits per heavy atom. The second-order valence-electron chi connectivity index (χ2n) is 8.17. The zero-order chi connectivity index (χ0) is 20.8. The molecule has 3 rings (SSSR count). The maximum absolute atomic E-state index is 12.7. The molecule has 0 spiro atoms. The van der Waals surface area contributed by atoms with Gasteiger partial charge in [0.2, 0.25) is 0 Å². The number of guanidine groups is 1. The number of likely N-dealkylation sites (tertiary alicyclic amines) is 1. The molecule has 3 unspecified atom stereocenters.